The maximum Gasteiger partial charge on any atom is 0.310 e. The standard InChI is InChI=1S/C25H37N3O7/c1-7-35-25(32)17-9-8-10-28(14-17)21(29)15-27(4)24(31)22(16(2)3)26-23(30)18-11-19(33-5)13-20(12-18)34-6/h11-13,16-17,22H,7-10,14-15H2,1-6H3,(H,26,30). The van der Waals surface area contributed by atoms with E-state index in [1.165, 1.54) is 26.2 Å². The van der Waals surface area contributed by atoms with Gasteiger partial charge in [0.25, 0.3) is 5.91 Å². The van der Waals surface area contributed by atoms with Gasteiger partial charge in [-0.15, -0.1) is 0 Å². The van der Waals surface area contributed by atoms with Crippen LogP contribution in [0.4, 0.5) is 0 Å². The summed E-state index contributed by atoms with van der Waals surface area (Å²) in [5.41, 5.74) is 0.289. The predicted molar refractivity (Wildman–Crippen MR) is 129 cm³/mol. The normalized spacial score (nSPS) is 16.3. The summed E-state index contributed by atoms with van der Waals surface area (Å²) in [5.74, 6) is -1.05. The van der Waals surface area contributed by atoms with Crippen molar-refractivity contribution >= 4 is 23.7 Å². The van der Waals surface area contributed by atoms with Crippen LogP contribution in [0.2, 0.25) is 0 Å². The number of carbonyl (C=O) groups is 4. The van der Waals surface area contributed by atoms with E-state index in [1.807, 2.05) is 13.8 Å². The van der Waals surface area contributed by atoms with E-state index in [1.54, 1.807) is 30.0 Å². The van der Waals surface area contributed by atoms with E-state index < -0.39 is 11.9 Å². The second-order valence-electron chi connectivity index (χ2n) is 8.92. The highest BCUT2D eigenvalue weighted by Gasteiger charge is 2.32. The molecule has 0 radical (unpaired) electrons. The molecule has 0 aliphatic carbocycles. The zero-order valence-corrected chi connectivity index (χ0v) is 21.5. The number of amides is 3. The molecule has 1 aliphatic rings. The van der Waals surface area contributed by atoms with Crippen LogP contribution in [0.3, 0.4) is 0 Å². The largest absolute Gasteiger partial charge is 0.497 e. The number of carbonyl (C=O) groups excluding carboxylic acids is 4. The molecule has 1 N–H and O–H groups in total. The summed E-state index contributed by atoms with van der Waals surface area (Å²) in [6, 6.07) is 3.92. The molecule has 10 nitrogen and oxygen atoms in total. The smallest absolute Gasteiger partial charge is 0.310 e. The van der Waals surface area contributed by atoms with Crippen molar-refractivity contribution in [3.63, 3.8) is 0 Å². The number of rotatable bonds is 10. The molecule has 0 aromatic heterocycles. The van der Waals surface area contributed by atoms with Crippen LogP contribution in [0.5, 0.6) is 11.5 Å². The fourth-order valence-corrected chi connectivity index (χ4v) is 3.95. The number of methoxy groups -OCH3 is 2. The van der Waals surface area contributed by atoms with Gasteiger partial charge in [-0.2, -0.15) is 0 Å². The van der Waals surface area contributed by atoms with E-state index in [0.717, 1.165) is 0 Å². The lowest BCUT2D eigenvalue weighted by atomic mass is 9.98. The average Bonchev–Trinajstić information content (AvgIpc) is 2.86. The van der Waals surface area contributed by atoms with Crippen molar-refractivity contribution in [3.05, 3.63) is 23.8 Å². The Morgan fingerprint density at radius 1 is 1.11 bits per heavy atom. The number of nitrogens with zero attached hydrogens (tertiary/aromatic N) is 2. The number of likely N-dealkylation sites (N-methyl/N-ethyl adjacent to an activating group) is 1. The van der Waals surface area contributed by atoms with E-state index in [2.05, 4.69) is 5.32 Å². The molecule has 1 aliphatic heterocycles. The van der Waals surface area contributed by atoms with Gasteiger partial charge in [0.05, 0.1) is 33.3 Å². The third-order valence-electron chi connectivity index (χ3n) is 5.98. The molecular weight excluding hydrogens is 454 g/mol. The van der Waals surface area contributed by atoms with E-state index in [4.69, 9.17) is 14.2 Å². The first-order chi connectivity index (χ1) is 16.6. The molecule has 3 amide bonds. The summed E-state index contributed by atoms with van der Waals surface area (Å²) in [6.45, 7) is 6.34. The Labute approximate surface area is 206 Å². The molecule has 0 spiro atoms. The van der Waals surface area contributed by atoms with Crippen LogP contribution in [-0.4, -0.2) is 87.0 Å². The van der Waals surface area contributed by atoms with Crippen LogP contribution in [0.1, 0.15) is 44.0 Å². The van der Waals surface area contributed by atoms with Gasteiger partial charge in [-0.25, -0.2) is 0 Å². The Morgan fingerprint density at radius 3 is 2.29 bits per heavy atom. The molecule has 35 heavy (non-hydrogen) atoms. The lowest BCUT2D eigenvalue weighted by Crippen LogP contribution is -2.53. The highest BCUT2D eigenvalue weighted by molar-refractivity contribution is 5.98. The van der Waals surface area contributed by atoms with Crippen LogP contribution in [0.15, 0.2) is 18.2 Å². The molecule has 2 unspecified atom stereocenters. The maximum atomic E-state index is 13.2. The van der Waals surface area contributed by atoms with Crippen molar-refractivity contribution in [3.8, 4) is 11.5 Å². The highest BCUT2D eigenvalue weighted by atomic mass is 16.5. The van der Waals surface area contributed by atoms with E-state index in [0.29, 0.717) is 37.5 Å². The van der Waals surface area contributed by atoms with Crippen molar-refractivity contribution in [2.75, 3.05) is 47.5 Å². The van der Waals surface area contributed by atoms with Crippen molar-refractivity contribution in [2.24, 2.45) is 11.8 Å². The highest BCUT2D eigenvalue weighted by Crippen LogP contribution is 2.23. The third-order valence-corrected chi connectivity index (χ3v) is 5.98. The minimum atomic E-state index is -0.842. The molecule has 1 aromatic carbocycles. The molecule has 1 heterocycles. The second kappa shape index (κ2) is 13.0. The van der Waals surface area contributed by atoms with E-state index in [9.17, 15) is 19.2 Å². The van der Waals surface area contributed by atoms with Gasteiger partial charge in [-0.05, 0) is 37.8 Å². The quantitative estimate of drug-likeness (QED) is 0.496. The molecule has 1 saturated heterocycles. The van der Waals surface area contributed by atoms with Gasteiger partial charge in [0, 0.05) is 31.8 Å². The summed E-state index contributed by atoms with van der Waals surface area (Å²) in [4.78, 5) is 54.0. The molecule has 194 valence electrons. The van der Waals surface area contributed by atoms with Gasteiger partial charge >= 0.3 is 5.97 Å². The minimum Gasteiger partial charge on any atom is -0.497 e. The summed E-state index contributed by atoms with van der Waals surface area (Å²) in [5, 5.41) is 2.78. The molecule has 2 atom stereocenters. The summed E-state index contributed by atoms with van der Waals surface area (Å²) >= 11 is 0. The van der Waals surface area contributed by atoms with E-state index >= 15 is 0 Å². The van der Waals surface area contributed by atoms with Crippen LogP contribution in [0.25, 0.3) is 0 Å². The first-order valence-corrected chi connectivity index (χ1v) is 11.8. The Bertz CT molecular complexity index is 896. The van der Waals surface area contributed by atoms with Gasteiger partial charge in [-0.3, -0.25) is 19.2 Å². The Balaban J connectivity index is 2.05. The van der Waals surface area contributed by atoms with Crippen molar-refractivity contribution in [1.82, 2.24) is 15.1 Å². The zero-order valence-electron chi connectivity index (χ0n) is 21.5. The lowest BCUT2D eigenvalue weighted by molar-refractivity contribution is -0.152. The molecule has 1 aromatic rings. The summed E-state index contributed by atoms with van der Waals surface area (Å²) in [6.07, 6.45) is 1.37. The van der Waals surface area contributed by atoms with Crippen LogP contribution in [-0.2, 0) is 19.1 Å². The lowest BCUT2D eigenvalue weighted by Gasteiger charge is -2.33. The maximum absolute atomic E-state index is 13.2. The Hall–Kier alpha value is -3.30. The SMILES string of the molecule is CCOC(=O)C1CCCN(C(=O)CN(C)C(=O)C(NC(=O)c2cc(OC)cc(OC)c2)C(C)C)C1. The third kappa shape index (κ3) is 7.60. The number of hydrogen-bond donors (Lipinski definition) is 1. The average molecular weight is 492 g/mol. The summed E-state index contributed by atoms with van der Waals surface area (Å²) in [7, 11) is 4.50. The molecule has 0 bridgehead atoms. The predicted octanol–water partition coefficient (Wildman–Crippen LogP) is 1.72. The number of benzene rings is 1. The Kier molecular flexibility index (Phi) is 10.4. The first-order valence-electron chi connectivity index (χ1n) is 11.8. The van der Waals surface area contributed by atoms with Gasteiger partial charge in [0.2, 0.25) is 11.8 Å². The van der Waals surface area contributed by atoms with Crippen LogP contribution >= 0.6 is 0 Å². The van der Waals surface area contributed by atoms with Crippen molar-refractivity contribution in [1.29, 1.82) is 0 Å². The number of ether oxygens (including phenoxy) is 3. The van der Waals surface area contributed by atoms with Gasteiger partial charge in [-0.1, -0.05) is 13.8 Å². The van der Waals surface area contributed by atoms with Crippen molar-refractivity contribution < 1.29 is 33.4 Å². The Morgan fingerprint density at radius 2 is 1.74 bits per heavy atom. The number of likely N-dealkylation sites (tertiary alicyclic amines) is 1. The number of hydrogen-bond acceptors (Lipinski definition) is 7. The number of piperidine rings is 1. The monoisotopic (exact) mass is 491 g/mol. The molecular formula is C25H37N3O7. The second-order valence-corrected chi connectivity index (χ2v) is 8.92. The van der Waals surface area contributed by atoms with E-state index in [-0.39, 0.29) is 48.3 Å². The van der Waals surface area contributed by atoms with Gasteiger partial charge in [0.1, 0.15) is 17.5 Å². The number of nitrogens with one attached hydrogen (secondary N) is 1. The number of esters is 1. The fourth-order valence-electron chi connectivity index (χ4n) is 3.95. The van der Waals surface area contributed by atoms with Crippen molar-refractivity contribution in [2.45, 2.75) is 39.7 Å². The molecule has 0 saturated carbocycles. The van der Waals surface area contributed by atoms with Crippen LogP contribution < -0.4 is 14.8 Å². The van der Waals surface area contributed by atoms with Crippen LogP contribution in [0, 0.1) is 11.8 Å². The summed E-state index contributed by atoms with van der Waals surface area (Å²) < 4.78 is 15.5. The topological polar surface area (TPSA) is 114 Å². The zero-order chi connectivity index (χ0) is 26.1. The molecule has 2 rings (SSSR count). The minimum absolute atomic E-state index is 0.152. The first kappa shape index (κ1) is 27.9. The fraction of sp³-hybridized carbons (Fsp3) is 0.600. The molecule has 10 heteroatoms. The van der Waals surface area contributed by atoms with Gasteiger partial charge < -0.3 is 29.3 Å². The molecule has 1 fully saturated rings. The van der Waals surface area contributed by atoms with Gasteiger partial charge in [0.15, 0.2) is 0 Å².